The fourth-order valence-electron chi connectivity index (χ4n) is 6.21. The van der Waals surface area contributed by atoms with Gasteiger partial charge in [-0.3, -0.25) is 0 Å². The van der Waals surface area contributed by atoms with Crippen LogP contribution < -0.4 is 0 Å². The topological polar surface area (TPSA) is 60.7 Å². The van der Waals surface area contributed by atoms with E-state index in [0.717, 1.165) is 24.7 Å². The summed E-state index contributed by atoms with van der Waals surface area (Å²) in [5, 5.41) is 28.9. The number of aliphatic hydroxyl groups is 3. The van der Waals surface area contributed by atoms with E-state index in [1.165, 1.54) is 44.1 Å². The molecule has 0 aromatic rings. The summed E-state index contributed by atoms with van der Waals surface area (Å²) < 4.78 is 0. The minimum atomic E-state index is -0.544. The largest absolute Gasteiger partial charge is 0.396 e. The molecule has 5 atom stereocenters. The molecule has 3 N–H and O–H groups in total. The van der Waals surface area contributed by atoms with Crippen LogP contribution in [0.1, 0.15) is 98.8 Å². The van der Waals surface area contributed by atoms with Crippen molar-refractivity contribution in [3.05, 3.63) is 23.3 Å². The summed E-state index contributed by atoms with van der Waals surface area (Å²) >= 11 is 0. The van der Waals surface area contributed by atoms with Crippen LogP contribution >= 0.6 is 0 Å². The standard InChI is InChI=1S/C26H46O3/c1-19(18-22(28)14-17-27)10-11-21-9-7-16-26(5)23(12-13-24(21)26)20(2)8-6-15-25(3,4)29/h10-11,20,22-24,27-29H,6-9,12-18H2,1-5H3/b19-10-,21-11+/t20-,22+,23?,24?,26-/m1/s1. The number of allylic oxidation sites excluding steroid dienone is 3. The number of fused-ring (bicyclic) bond motifs is 1. The average Bonchev–Trinajstić information content (AvgIpc) is 2.96. The summed E-state index contributed by atoms with van der Waals surface area (Å²) in [6.45, 7) is 10.9. The molecule has 168 valence electrons. The van der Waals surface area contributed by atoms with Crippen LogP contribution in [0.4, 0.5) is 0 Å². The molecule has 2 aliphatic rings. The molecule has 0 bridgehead atoms. The van der Waals surface area contributed by atoms with Gasteiger partial charge in [-0.2, -0.15) is 0 Å². The molecule has 2 aliphatic carbocycles. The molecule has 3 heteroatoms. The minimum Gasteiger partial charge on any atom is -0.396 e. The first-order chi connectivity index (χ1) is 13.6. The molecule has 0 aliphatic heterocycles. The third kappa shape index (κ3) is 6.94. The maximum absolute atomic E-state index is 10.0. The normalized spacial score (nSPS) is 31.7. The van der Waals surface area contributed by atoms with Crippen LogP contribution in [-0.2, 0) is 0 Å². The summed E-state index contributed by atoms with van der Waals surface area (Å²) in [5.74, 6) is 2.21. The molecule has 0 amide bonds. The molecule has 0 aromatic carbocycles. The fraction of sp³-hybridized carbons (Fsp3) is 0.846. The van der Waals surface area contributed by atoms with Crippen molar-refractivity contribution < 1.29 is 15.3 Å². The van der Waals surface area contributed by atoms with E-state index in [9.17, 15) is 10.2 Å². The number of aliphatic hydroxyl groups excluding tert-OH is 2. The van der Waals surface area contributed by atoms with Gasteiger partial charge in [0.1, 0.15) is 0 Å². The third-order valence-corrected chi connectivity index (χ3v) is 7.77. The Kier molecular flexibility index (Phi) is 9.00. The number of rotatable bonds is 10. The number of hydrogen-bond acceptors (Lipinski definition) is 3. The van der Waals surface area contributed by atoms with Crippen molar-refractivity contribution in [3.63, 3.8) is 0 Å². The Labute approximate surface area is 179 Å². The maximum Gasteiger partial charge on any atom is 0.0599 e. The van der Waals surface area contributed by atoms with Crippen molar-refractivity contribution in [1.29, 1.82) is 0 Å². The molecule has 0 saturated heterocycles. The fourth-order valence-corrected chi connectivity index (χ4v) is 6.21. The molecular weight excluding hydrogens is 360 g/mol. The number of hydrogen-bond donors (Lipinski definition) is 3. The molecule has 0 aromatic heterocycles. The molecule has 3 nitrogen and oxygen atoms in total. The zero-order valence-electron chi connectivity index (χ0n) is 19.6. The highest BCUT2D eigenvalue weighted by Gasteiger charge is 2.50. The SMILES string of the molecule is C/C(=C/C=C1\CCC[C@@]2(C)C1CCC2[C@H](C)CCCC(C)(C)O)C[C@@H](O)CCO. The first kappa shape index (κ1) is 24.6. The van der Waals surface area contributed by atoms with Gasteiger partial charge in [0.05, 0.1) is 11.7 Å². The van der Waals surface area contributed by atoms with Crippen molar-refractivity contribution in [2.45, 2.75) is 111 Å². The highest BCUT2D eigenvalue weighted by atomic mass is 16.3. The summed E-state index contributed by atoms with van der Waals surface area (Å²) in [5.41, 5.74) is 2.68. The second-order valence-corrected chi connectivity index (χ2v) is 10.9. The van der Waals surface area contributed by atoms with Gasteiger partial charge in [-0.05, 0) is 95.3 Å². The predicted octanol–water partition coefficient (Wildman–Crippen LogP) is 5.79. The van der Waals surface area contributed by atoms with Crippen LogP contribution in [0.2, 0.25) is 0 Å². The Bertz CT molecular complexity index is 571. The van der Waals surface area contributed by atoms with Crippen LogP contribution in [-0.4, -0.2) is 33.6 Å². The molecule has 0 heterocycles. The van der Waals surface area contributed by atoms with E-state index >= 15 is 0 Å². The van der Waals surface area contributed by atoms with Crippen molar-refractivity contribution in [3.8, 4) is 0 Å². The first-order valence-corrected chi connectivity index (χ1v) is 11.9. The lowest BCUT2D eigenvalue weighted by atomic mass is 9.60. The van der Waals surface area contributed by atoms with Crippen LogP contribution in [0, 0.1) is 23.2 Å². The Balaban J connectivity index is 2.01. The quantitative estimate of drug-likeness (QED) is 0.430. The van der Waals surface area contributed by atoms with E-state index < -0.39 is 11.7 Å². The van der Waals surface area contributed by atoms with Crippen LogP contribution in [0.5, 0.6) is 0 Å². The second kappa shape index (κ2) is 10.6. The molecular formula is C26H46O3. The zero-order valence-corrected chi connectivity index (χ0v) is 19.6. The Morgan fingerprint density at radius 1 is 1.28 bits per heavy atom. The lowest BCUT2D eigenvalue weighted by Gasteiger charge is -2.44. The molecule has 2 fully saturated rings. The van der Waals surface area contributed by atoms with Gasteiger partial charge in [0, 0.05) is 6.61 Å². The van der Waals surface area contributed by atoms with Crippen molar-refractivity contribution in [2.24, 2.45) is 23.2 Å². The van der Waals surface area contributed by atoms with Gasteiger partial charge in [-0.25, -0.2) is 0 Å². The summed E-state index contributed by atoms with van der Waals surface area (Å²) in [6.07, 6.45) is 14.9. The van der Waals surface area contributed by atoms with E-state index in [-0.39, 0.29) is 6.61 Å². The average molecular weight is 407 g/mol. The van der Waals surface area contributed by atoms with E-state index in [2.05, 4.69) is 32.9 Å². The molecule has 2 rings (SSSR count). The zero-order chi connectivity index (χ0) is 21.7. The minimum absolute atomic E-state index is 0.0470. The van der Waals surface area contributed by atoms with Crippen LogP contribution in [0.15, 0.2) is 23.3 Å². The van der Waals surface area contributed by atoms with Gasteiger partial charge >= 0.3 is 0 Å². The van der Waals surface area contributed by atoms with Gasteiger partial charge in [-0.1, -0.05) is 50.0 Å². The smallest absolute Gasteiger partial charge is 0.0599 e. The molecule has 0 radical (unpaired) electrons. The lowest BCUT2D eigenvalue weighted by molar-refractivity contribution is 0.0596. The molecule has 0 spiro atoms. The van der Waals surface area contributed by atoms with Gasteiger partial charge < -0.3 is 15.3 Å². The highest BCUT2D eigenvalue weighted by Crippen LogP contribution is 2.59. The molecule has 29 heavy (non-hydrogen) atoms. The summed E-state index contributed by atoms with van der Waals surface area (Å²) in [4.78, 5) is 0. The van der Waals surface area contributed by atoms with E-state index in [1.54, 1.807) is 5.57 Å². The van der Waals surface area contributed by atoms with Crippen LogP contribution in [0.25, 0.3) is 0 Å². The van der Waals surface area contributed by atoms with Crippen molar-refractivity contribution in [1.82, 2.24) is 0 Å². The van der Waals surface area contributed by atoms with Crippen molar-refractivity contribution >= 4 is 0 Å². The Morgan fingerprint density at radius 2 is 2.00 bits per heavy atom. The summed E-state index contributed by atoms with van der Waals surface area (Å²) in [6, 6.07) is 0. The first-order valence-electron chi connectivity index (χ1n) is 11.9. The highest BCUT2D eigenvalue weighted by molar-refractivity contribution is 5.24. The van der Waals surface area contributed by atoms with Crippen molar-refractivity contribution in [2.75, 3.05) is 6.61 Å². The lowest BCUT2D eigenvalue weighted by Crippen LogP contribution is -2.36. The van der Waals surface area contributed by atoms with Gasteiger partial charge in [-0.15, -0.1) is 0 Å². The van der Waals surface area contributed by atoms with E-state index in [1.807, 2.05) is 13.8 Å². The predicted molar refractivity (Wildman–Crippen MR) is 122 cm³/mol. The van der Waals surface area contributed by atoms with Crippen LogP contribution in [0.3, 0.4) is 0 Å². The maximum atomic E-state index is 10.0. The third-order valence-electron chi connectivity index (χ3n) is 7.77. The van der Waals surface area contributed by atoms with Gasteiger partial charge in [0.2, 0.25) is 0 Å². The Morgan fingerprint density at radius 3 is 2.66 bits per heavy atom. The molecule has 2 saturated carbocycles. The van der Waals surface area contributed by atoms with Gasteiger partial charge in [0.25, 0.3) is 0 Å². The summed E-state index contributed by atoms with van der Waals surface area (Å²) in [7, 11) is 0. The second-order valence-electron chi connectivity index (χ2n) is 10.9. The Hall–Kier alpha value is -0.640. The monoisotopic (exact) mass is 406 g/mol. The van der Waals surface area contributed by atoms with E-state index in [4.69, 9.17) is 5.11 Å². The van der Waals surface area contributed by atoms with Gasteiger partial charge in [0.15, 0.2) is 0 Å². The molecule has 2 unspecified atom stereocenters. The van der Waals surface area contributed by atoms with E-state index in [0.29, 0.717) is 24.2 Å².